The van der Waals surface area contributed by atoms with Crippen LogP contribution in [0.5, 0.6) is 0 Å². The summed E-state index contributed by atoms with van der Waals surface area (Å²) >= 11 is 6.01. The predicted molar refractivity (Wildman–Crippen MR) is 86.7 cm³/mol. The molecular formula is C17H22ClFN2O2. The maximum Gasteiger partial charge on any atom is 0.226 e. The molecule has 1 aromatic rings. The molecule has 1 amide bonds. The monoisotopic (exact) mass is 340 g/mol. The van der Waals surface area contributed by atoms with E-state index >= 15 is 0 Å². The van der Waals surface area contributed by atoms with Crippen LogP contribution in [-0.4, -0.2) is 43.2 Å². The van der Waals surface area contributed by atoms with Crippen LogP contribution in [0.4, 0.5) is 4.39 Å². The lowest BCUT2D eigenvalue weighted by Gasteiger charge is -2.33. The molecular weight excluding hydrogens is 319 g/mol. The Bertz CT molecular complexity index is 563. The average Bonchev–Trinajstić information content (AvgIpc) is 3.27. The van der Waals surface area contributed by atoms with Crippen molar-refractivity contribution >= 4 is 17.5 Å². The molecule has 1 aromatic carbocycles. The number of ether oxygens (including phenoxy) is 1. The molecule has 6 heteroatoms. The third-order valence-corrected chi connectivity index (χ3v) is 4.97. The van der Waals surface area contributed by atoms with E-state index in [0.29, 0.717) is 49.3 Å². The van der Waals surface area contributed by atoms with E-state index in [2.05, 4.69) is 12.2 Å². The van der Waals surface area contributed by atoms with E-state index in [1.807, 2.05) is 4.90 Å². The van der Waals surface area contributed by atoms with Gasteiger partial charge in [-0.3, -0.25) is 4.79 Å². The van der Waals surface area contributed by atoms with Gasteiger partial charge in [-0.25, -0.2) is 4.39 Å². The zero-order chi connectivity index (χ0) is 16.4. The number of amides is 1. The van der Waals surface area contributed by atoms with Crippen LogP contribution in [0.1, 0.15) is 18.9 Å². The number of hydrogen-bond acceptors (Lipinski definition) is 3. The largest absolute Gasteiger partial charge is 0.373 e. The van der Waals surface area contributed by atoms with E-state index in [4.69, 9.17) is 16.3 Å². The van der Waals surface area contributed by atoms with Gasteiger partial charge in [0.05, 0.1) is 12.7 Å². The summed E-state index contributed by atoms with van der Waals surface area (Å²) in [6, 6.07) is 4.67. The number of hydrogen-bond donors (Lipinski definition) is 1. The molecule has 0 spiro atoms. The first-order valence-electron chi connectivity index (χ1n) is 8.10. The smallest absolute Gasteiger partial charge is 0.226 e. The highest BCUT2D eigenvalue weighted by Gasteiger charge is 2.42. The second-order valence-corrected chi connectivity index (χ2v) is 6.83. The molecule has 0 bridgehead atoms. The van der Waals surface area contributed by atoms with E-state index < -0.39 is 0 Å². The van der Waals surface area contributed by atoms with Crippen LogP contribution in [0.15, 0.2) is 18.2 Å². The summed E-state index contributed by atoms with van der Waals surface area (Å²) in [7, 11) is 0. The maximum atomic E-state index is 13.7. The number of nitrogens with one attached hydrogen (secondary N) is 1. The number of halogens is 2. The second-order valence-electron chi connectivity index (χ2n) is 6.43. The van der Waals surface area contributed by atoms with Gasteiger partial charge in [0.1, 0.15) is 5.82 Å². The van der Waals surface area contributed by atoms with Crippen molar-refractivity contribution < 1.29 is 13.9 Å². The van der Waals surface area contributed by atoms with Crippen molar-refractivity contribution in [3.63, 3.8) is 0 Å². The highest BCUT2D eigenvalue weighted by atomic mass is 35.5. The van der Waals surface area contributed by atoms with Gasteiger partial charge in [-0.2, -0.15) is 0 Å². The third kappa shape index (κ3) is 4.03. The summed E-state index contributed by atoms with van der Waals surface area (Å²) < 4.78 is 19.4. The Labute approximate surface area is 140 Å². The normalized spacial score (nSPS) is 27.1. The minimum absolute atomic E-state index is 0.0627. The molecule has 0 radical (unpaired) electrons. The van der Waals surface area contributed by atoms with Crippen LogP contribution >= 0.6 is 11.6 Å². The summed E-state index contributed by atoms with van der Waals surface area (Å²) in [6.07, 6.45) is 0.942. The molecule has 23 heavy (non-hydrogen) atoms. The molecule has 1 aliphatic heterocycles. The van der Waals surface area contributed by atoms with Crippen LogP contribution in [0.2, 0.25) is 5.02 Å². The molecule has 1 N–H and O–H groups in total. The molecule has 1 heterocycles. The molecule has 2 fully saturated rings. The van der Waals surface area contributed by atoms with Crippen LogP contribution in [0.3, 0.4) is 0 Å². The van der Waals surface area contributed by atoms with Crippen LogP contribution in [0.25, 0.3) is 0 Å². The van der Waals surface area contributed by atoms with Crippen molar-refractivity contribution in [2.75, 3.05) is 26.2 Å². The first-order valence-corrected chi connectivity index (χ1v) is 8.48. The first kappa shape index (κ1) is 16.7. The second kappa shape index (κ2) is 7.16. The van der Waals surface area contributed by atoms with Crippen molar-refractivity contribution in [3.05, 3.63) is 34.6 Å². The summed E-state index contributed by atoms with van der Waals surface area (Å²) in [5.41, 5.74) is 0.463. The molecule has 1 unspecified atom stereocenters. The molecule has 2 aliphatic rings. The number of carbonyl (C=O) groups is 1. The Balaban J connectivity index is 1.47. The number of nitrogens with zero attached hydrogens (tertiary/aromatic N) is 1. The van der Waals surface area contributed by atoms with Gasteiger partial charge in [0.25, 0.3) is 0 Å². The Morgan fingerprint density at radius 2 is 2.30 bits per heavy atom. The van der Waals surface area contributed by atoms with Crippen LogP contribution < -0.4 is 5.32 Å². The molecule has 3 atom stereocenters. The maximum absolute atomic E-state index is 13.7. The molecule has 3 rings (SSSR count). The lowest BCUT2D eigenvalue weighted by Crippen LogP contribution is -2.49. The number of morpholine rings is 1. The Kier molecular flexibility index (Phi) is 5.19. The number of carbonyl (C=O) groups excluding carboxylic acids is 1. The number of rotatable bonds is 5. The van der Waals surface area contributed by atoms with Crippen LogP contribution in [0, 0.1) is 17.7 Å². The molecule has 4 nitrogen and oxygen atoms in total. The number of benzene rings is 1. The van der Waals surface area contributed by atoms with Gasteiger partial charge in [-0.05, 0) is 24.5 Å². The molecule has 126 valence electrons. The fourth-order valence-electron chi connectivity index (χ4n) is 3.00. The summed E-state index contributed by atoms with van der Waals surface area (Å²) in [6.45, 7) is 4.84. The Hall–Kier alpha value is -1.17. The van der Waals surface area contributed by atoms with Gasteiger partial charge in [-0.1, -0.05) is 24.6 Å². The van der Waals surface area contributed by atoms with Crippen molar-refractivity contribution in [1.82, 2.24) is 10.2 Å². The lowest BCUT2D eigenvalue weighted by molar-refractivity contribution is -0.140. The topological polar surface area (TPSA) is 41.6 Å². The molecule has 1 saturated carbocycles. The fourth-order valence-corrected chi connectivity index (χ4v) is 3.23. The zero-order valence-electron chi connectivity index (χ0n) is 13.2. The van der Waals surface area contributed by atoms with E-state index in [1.165, 1.54) is 6.07 Å². The van der Waals surface area contributed by atoms with E-state index in [-0.39, 0.29) is 23.7 Å². The molecule has 0 aromatic heterocycles. The van der Waals surface area contributed by atoms with E-state index in [1.54, 1.807) is 12.1 Å². The fraction of sp³-hybridized carbons (Fsp3) is 0.588. The quantitative estimate of drug-likeness (QED) is 0.895. The van der Waals surface area contributed by atoms with Crippen molar-refractivity contribution in [2.24, 2.45) is 11.8 Å². The molecule has 1 aliphatic carbocycles. The van der Waals surface area contributed by atoms with E-state index in [9.17, 15) is 9.18 Å². The van der Waals surface area contributed by atoms with Gasteiger partial charge < -0.3 is 15.0 Å². The summed E-state index contributed by atoms with van der Waals surface area (Å²) in [5.74, 6) is 0.668. The predicted octanol–water partition coefficient (Wildman–Crippen LogP) is 2.45. The van der Waals surface area contributed by atoms with Gasteiger partial charge in [0, 0.05) is 42.7 Å². The standard InChI is InChI=1S/C17H22ClFN2O2/c1-11-7-13(11)17(22)21-5-6-23-12(10-21)8-20-9-14-15(18)3-2-4-16(14)19/h2-4,11-13,20H,5-10H2,1H3/t11-,12?,13-/m1/s1. The summed E-state index contributed by atoms with van der Waals surface area (Å²) in [4.78, 5) is 14.2. The Morgan fingerprint density at radius 3 is 3.00 bits per heavy atom. The van der Waals surface area contributed by atoms with Gasteiger partial charge in [0.15, 0.2) is 0 Å². The van der Waals surface area contributed by atoms with Crippen LogP contribution in [-0.2, 0) is 16.1 Å². The van der Waals surface area contributed by atoms with Crippen molar-refractivity contribution in [3.8, 4) is 0 Å². The Morgan fingerprint density at radius 1 is 1.52 bits per heavy atom. The highest BCUT2D eigenvalue weighted by Crippen LogP contribution is 2.39. The van der Waals surface area contributed by atoms with Crippen molar-refractivity contribution in [2.45, 2.75) is 26.0 Å². The van der Waals surface area contributed by atoms with Gasteiger partial charge >= 0.3 is 0 Å². The molecule has 1 saturated heterocycles. The van der Waals surface area contributed by atoms with Crippen molar-refractivity contribution in [1.29, 1.82) is 0 Å². The minimum atomic E-state index is -0.311. The van der Waals surface area contributed by atoms with Gasteiger partial charge in [-0.15, -0.1) is 0 Å². The zero-order valence-corrected chi connectivity index (χ0v) is 14.0. The summed E-state index contributed by atoms with van der Waals surface area (Å²) in [5, 5.41) is 3.60. The van der Waals surface area contributed by atoms with E-state index in [0.717, 1.165) is 6.42 Å². The van der Waals surface area contributed by atoms with Gasteiger partial charge in [0.2, 0.25) is 5.91 Å². The third-order valence-electron chi connectivity index (χ3n) is 4.61. The minimum Gasteiger partial charge on any atom is -0.373 e. The lowest BCUT2D eigenvalue weighted by atomic mass is 10.2. The average molecular weight is 341 g/mol. The SMILES string of the molecule is C[C@@H]1C[C@H]1C(=O)N1CCOC(CNCc2c(F)cccc2Cl)C1. The first-order chi connectivity index (χ1) is 11.1. The highest BCUT2D eigenvalue weighted by molar-refractivity contribution is 6.31.